The molecule has 37 heavy (non-hydrogen) atoms. The van der Waals surface area contributed by atoms with Gasteiger partial charge in [0.1, 0.15) is 12.2 Å². The summed E-state index contributed by atoms with van der Waals surface area (Å²) in [6.45, 7) is 10.5. The molecule has 1 heterocycles. The van der Waals surface area contributed by atoms with Crippen LogP contribution in [0.15, 0.2) is 61.3 Å². The molecule has 0 fully saturated rings. The van der Waals surface area contributed by atoms with E-state index in [1.165, 1.54) is 12.3 Å². The van der Waals surface area contributed by atoms with Crippen molar-refractivity contribution in [2.75, 3.05) is 56.0 Å². The Morgan fingerprint density at radius 1 is 1.11 bits per heavy atom. The summed E-state index contributed by atoms with van der Waals surface area (Å²) in [5.41, 5.74) is 3.14. The second-order valence-corrected chi connectivity index (χ2v) is 12.9. The van der Waals surface area contributed by atoms with E-state index >= 15 is 0 Å². The van der Waals surface area contributed by atoms with Crippen LogP contribution in [0.5, 0.6) is 0 Å². The van der Waals surface area contributed by atoms with Crippen molar-refractivity contribution < 1.29 is 9.36 Å². The largest absolute Gasteiger partial charge is 0.338 e. The number of para-hydroxylation sites is 1. The molecule has 0 spiro atoms. The number of aryl methyl sites for hydroxylation is 1. The summed E-state index contributed by atoms with van der Waals surface area (Å²) >= 11 is 6.39. The van der Waals surface area contributed by atoms with Gasteiger partial charge in [-0.2, -0.15) is 4.98 Å². The van der Waals surface area contributed by atoms with Gasteiger partial charge in [0.15, 0.2) is 5.82 Å². The molecule has 0 radical (unpaired) electrons. The van der Waals surface area contributed by atoms with Crippen LogP contribution in [-0.4, -0.2) is 61.3 Å². The monoisotopic (exact) mass is 540 g/mol. The van der Waals surface area contributed by atoms with E-state index in [9.17, 15) is 9.36 Å². The van der Waals surface area contributed by atoms with Crippen LogP contribution in [0.4, 0.5) is 28.8 Å². The van der Waals surface area contributed by atoms with Crippen LogP contribution in [0.2, 0.25) is 5.02 Å². The predicted octanol–water partition coefficient (Wildman–Crippen LogP) is 5.64. The zero-order valence-corrected chi connectivity index (χ0v) is 23.6. The topological polar surface area (TPSA) is 90.5 Å². The molecule has 1 aromatic heterocycles. The minimum absolute atomic E-state index is 0.161. The fourth-order valence-corrected chi connectivity index (χ4v) is 5.04. The van der Waals surface area contributed by atoms with Crippen LogP contribution in [0.1, 0.15) is 12.0 Å². The van der Waals surface area contributed by atoms with Crippen molar-refractivity contribution in [1.82, 2.24) is 14.9 Å². The minimum atomic E-state index is -2.53. The molecule has 10 heteroatoms. The number of hydrogen-bond acceptors (Lipinski definition) is 7. The quantitative estimate of drug-likeness (QED) is 0.240. The van der Waals surface area contributed by atoms with E-state index in [-0.39, 0.29) is 5.91 Å². The van der Waals surface area contributed by atoms with Gasteiger partial charge in [0.25, 0.3) is 0 Å². The molecule has 0 unspecified atom stereocenters. The Bertz CT molecular complexity index is 1320. The number of anilines is 5. The van der Waals surface area contributed by atoms with Crippen LogP contribution >= 0.6 is 18.7 Å². The number of nitrogens with zero attached hydrogens (tertiary/aromatic N) is 4. The Morgan fingerprint density at radius 2 is 1.84 bits per heavy atom. The van der Waals surface area contributed by atoms with Crippen molar-refractivity contribution in [3.05, 3.63) is 71.9 Å². The lowest BCUT2D eigenvalue weighted by Gasteiger charge is -2.23. The first kappa shape index (κ1) is 28.4. The second-order valence-electron chi connectivity index (χ2n) is 9.36. The maximum Gasteiger partial charge on any atom is 0.250 e. The number of nitrogens with one attached hydrogen (secondary N) is 2. The molecular formula is C27H34ClN6O2P. The number of rotatable bonds is 11. The molecule has 3 rings (SSSR count). The van der Waals surface area contributed by atoms with Crippen molar-refractivity contribution in [3.63, 3.8) is 0 Å². The molecule has 3 aromatic rings. The Labute approximate surface area is 224 Å². The van der Waals surface area contributed by atoms with Gasteiger partial charge >= 0.3 is 0 Å². The van der Waals surface area contributed by atoms with Crippen LogP contribution < -0.4 is 20.8 Å². The summed E-state index contributed by atoms with van der Waals surface area (Å²) in [7, 11) is 1.48. The molecule has 0 aliphatic rings. The molecule has 8 nitrogen and oxygen atoms in total. The van der Waals surface area contributed by atoms with Gasteiger partial charge < -0.3 is 25.0 Å². The van der Waals surface area contributed by atoms with Crippen molar-refractivity contribution in [2.24, 2.45) is 0 Å². The lowest BCUT2D eigenvalue weighted by Crippen LogP contribution is -2.32. The third-order valence-corrected chi connectivity index (χ3v) is 7.52. The molecule has 0 aliphatic heterocycles. The minimum Gasteiger partial charge on any atom is -0.338 e. The van der Waals surface area contributed by atoms with Gasteiger partial charge in [0, 0.05) is 23.2 Å². The van der Waals surface area contributed by atoms with E-state index in [1.54, 1.807) is 18.2 Å². The van der Waals surface area contributed by atoms with Gasteiger partial charge in [-0.05, 0) is 83.2 Å². The maximum atomic E-state index is 12.8. The molecule has 0 saturated carbocycles. The number of carbonyl (C=O) groups excluding carboxylic acids is 1. The predicted molar refractivity (Wildman–Crippen MR) is 156 cm³/mol. The Balaban J connectivity index is 1.89. The second kappa shape index (κ2) is 12.4. The lowest BCUT2D eigenvalue weighted by molar-refractivity contribution is -0.114. The standard InChI is InChI=1S/C27H34ClN6O2P/c1-7-25(35)34(16-10-15-33(3)4)20-14-13-19(2)23(17-20)31-27-29-18-21(28)26(32-27)30-22-11-8-9-12-24(22)37(5,6)36/h7-9,11-14,17-18H,1,10,15-16H2,2-6H3,(H2,29,30,31,32). The van der Waals surface area contributed by atoms with Crippen molar-refractivity contribution >= 4 is 58.8 Å². The zero-order chi connectivity index (χ0) is 27.2. The van der Waals surface area contributed by atoms with Gasteiger partial charge in [0.05, 0.1) is 11.9 Å². The fourth-order valence-electron chi connectivity index (χ4n) is 3.75. The fraction of sp³-hybridized carbons (Fsp3) is 0.296. The summed E-state index contributed by atoms with van der Waals surface area (Å²) < 4.78 is 12.8. The molecule has 0 atom stereocenters. The SMILES string of the molecule is C=CC(=O)N(CCCN(C)C)c1ccc(C)c(Nc2ncc(Cl)c(Nc3ccccc3P(C)(C)=O)n2)c1. The van der Waals surface area contributed by atoms with E-state index in [0.29, 0.717) is 34.3 Å². The summed E-state index contributed by atoms with van der Waals surface area (Å²) in [6, 6.07) is 13.1. The van der Waals surface area contributed by atoms with Crippen LogP contribution in [-0.2, 0) is 9.36 Å². The zero-order valence-electron chi connectivity index (χ0n) is 22.0. The van der Waals surface area contributed by atoms with Crippen molar-refractivity contribution in [2.45, 2.75) is 13.3 Å². The van der Waals surface area contributed by atoms with E-state index in [2.05, 4.69) is 32.1 Å². The Hall–Kier alpha value is -3.19. The Morgan fingerprint density at radius 3 is 2.51 bits per heavy atom. The maximum absolute atomic E-state index is 12.8. The van der Waals surface area contributed by atoms with Crippen LogP contribution in [0.25, 0.3) is 0 Å². The molecule has 1 amide bonds. The highest BCUT2D eigenvalue weighted by Gasteiger charge is 2.18. The van der Waals surface area contributed by atoms with E-state index in [1.807, 2.05) is 63.5 Å². The number of halogens is 1. The molecule has 0 aliphatic carbocycles. The summed E-state index contributed by atoms with van der Waals surface area (Å²) in [5.74, 6) is 0.557. The molecule has 0 bridgehead atoms. The lowest BCUT2D eigenvalue weighted by atomic mass is 10.1. The smallest absolute Gasteiger partial charge is 0.250 e. The summed E-state index contributed by atoms with van der Waals surface area (Å²) in [4.78, 5) is 25.3. The number of hydrogen-bond donors (Lipinski definition) is 2. The van der Waals surface area contributed by atoms with E-state index in [0.717, 1.165) is 29.9 Å². The number of carbonyl (C=O) groups is 1. The van der Waals surface area contributed by atoms with Crippen LogP contribution in [0.3, 0.4) is 0 Å². The third-order valence-electron chi connectivity index (χ3n) is 5.69. The number of amides is 1. The normalized spacial score (nSPS) is 11.3. The first-order chi connectivity index (χ1) is 17.5. The highest BCUT2D eigenvalue weighted by molar-refractivity contribution is 7.70. The van der Waals surface area contributed by atoms with Gasteiger partial charge in [-0.15, -0.1) is 0 Å². The van der Waals surface area contributed by atoms with Gasteiger partial charge in [-0.1, -0.05) is 36.4 Å². The Kier molecular flexibility index (Phi) is 9.49. The average molecular weight is 541 g/mol. The van der Waals surface area contributed by atoms with Crippen molar-refractivity contribution in [1.29, 1.82) is 0 Å². The van der Waals surface area contributed by atoms with E-state index < -0.39 is 7.14 Å². The molecule has 2 aromatic carbocycles. The average Bonchev–Trinajstić information content (AvgIpc) is 2.84. The summed E-state index contributed by atoms with van der Waals surface area (Å²) in [6.07, 6.45) is 3.65. The van der Waals surface area contributed by atoms with Crippen LogP contribution in [0, 0.1) is 6.92 Å². The number of benzene rings is 2. The van der Waals surface area contributed by atoms with Gasteiger partial charge in [0.2, 0.25) is 11.9 Å². The molecular weight excluding hydrogens is 507 g/mol. The molecule has 2 N–H and O–H groups in total. The highest BCUT2D eigenvalue weighted by atomic mass is 35.5. The first-order valence-corrected chi connectivity index (χ1v) is 14.9. The molecule has 0 saturated heterocycles. The summed E-state index contributed by atoms with van der Waals surface area (Å²) in [5, 5.41) is 7.50. The molecule has 196 valence electrons. The first-order valence-electron chi connectivity index (χ1n) is 11.9. The van der Waals surface area contributed by atoms with E-state index in [4.69, 9.17) is 11.6 Å². The van der Waals surface area contributed by atoms with Crippen molar-refractivity contribution in [3.8, 4) is 0 Å². The highest BCUT2D eigenvalue weighted by Crippen LogP contribution is 2.38. The number of aromatic nitrogens is 2. The third kappa shape index (κ3) is 7.65. The van der Waals surface area contributed by atoms with Gasteiger partial charge in [-0.25, -0.2) is 4.98 Å². The van der Waals surface area contributed by atoms with Gasteiger partial charge in [-0.3, -0.25) is 4.79 Å².